The number of hydrogen-bond acceptors (Lipinski definition) is 3. The molecule has 2 N–H and O–H groups in total. The van der Waals surface area contributed by atoms with E-state index >= 15 is 0 Å². The summed E-state index contributed by atoms with van der Waals surface area (Å²) in [6, 6.07) is 0. The first kappa shape index (κ1) is 10.6. The zero-order valence-corrected chi connectivity index (χ0v) is 8.00. The van der Waals surface area contributed by atoms with Crippen molar-refractivity contribution in [3.8, 4) is 0 Å². The predicted molar refractivity (Wildman–Crippen MR) is 40.1 cm³/mol. The Morgan fingerprint density at radius 2 is 2.09 bits per heavy atom. The van der Waals surface area contributed by atoms with Crippen molar-refractivity contribution < 1.29 is 18.8 Å². The van der Waals surface area contributed by atoms with Crippen molar-refractivity contribution in [3.63, 3.8) is 0 Å². The van der Waals surface area contributed by atoms with Gasteiger partial charge in [0.25, 0.3) is 0 Å². The number of rotatable bonds is 4. The lowest BCUT2D eigenvalue weighted by Gasteiger charge is -2.29. The molecule has 11 heavy (non-hydrogen) atoms. The highest BCUT2D eigenvalue weighted by atomic mass is 28.3. The molecule has 4 nitrogen and oxygen atoms in total. The van der Waals surface area contributed by atoms with Gasteiger partial charge in [-0.3, -0.25) is 4.46 Å². The Morgan fingerprint density at radius 1 is 1.64 bits per heavy atom. The Morgan fingerprint density at radius 3 is 2.36 bits per heavy atom. The molecule has 1 atom stereocenters. The van der Waals surface area contributed by atoms with Crippen LogP contribution in [0.25, 0.3) is 0 Å². The van der Waals surface area contributed by atoms with Crippen molar-refractivity contribution in [2.75, 3.05) is 6.61 Å². The minimum absolute atomic E-state index is 0.0534. The van der Waals surface area contributed by atoms with Crippen LogP contribution in [0.2, 0.25) is 0 Å². The predicted octanol–water partition coefficient (Wildman–Crippen LogP) is -0.182. The van der Waals surface area contributed by atoms with Crippen molar-refractivity contribution in [3.05, 3.63) is 0 Å². The Kier molecular flexibility index (Phi) is 3.67. The van der Waals surface area contributed by atoms with E-state index in [-0.39, 0.29) is 12.5 Å². The molecule has 0 aliphatic heterocycles. The lowest BCUT2D eigenvalue weighted by atomic mass is 9.94. The van der Waals surface area contributed by atoms with Crippen molar-refractivity contribution >= 4 is 9.17 Å². The van der Waals surface area contributed by atoms with E-state index < -0.39 is 14.8 Å². The average molecular weight is 178 g/mol. The van der Waals surface area contributed by atoms with Crippen LogP contribution in [0.1, 0.15) is 20.8 Å². The molecular weight excluding hydrogens is 164 g/mol. The van der Waals surface area contributed by atoms with E-state index in [0.717, 1.165) is 0 Å². The second kappa shape index (κ2) is 3.82. The van der Waals surface area contributed by atoms with E-state index in [9.17, 15) is 4.46 Å². The first-order valence-electron chi connectivity index (χ1n) is 3.43. The third-order valence-corrected chi connectivity index (χ3v) is 2.51. The molecule has 0 aromatic rings. The summed E-state index contributed by atoms with van der Waals surface area (Å²) in [6.07, 6.45) is 0. The molecule has 0 amide bonds. The molecule has 0 aliphatic rings. The molecule has 0 saturated carbocycles. The van der Waals surface area contributed by atoms with E-state index in [0.29, 0.717) is 0 Å². The summed E-state index contributed by atoms with van der Waals surface area (Å²) in [7, 11) is -2.91. The van der Waals surface area contributed by atoms with Crippen LogP contribution >= 0.6 is 0 Å². The highest BCUT2D eigenvalue weighted by Gasteiger charge is 2.30. The molecule has 0 fully saturated rings. The highest BCUT2D eigenvalue weighted by Crippen LogP contribution is 2.19. The molecule has 0 aromatic carbocycles. The maximum atomic E-state index is 10.3. The lowest BCUT2D eigenvalue weighted by Crippen LogP contribution is -2.37. The maximum Gasteiger partial charge on any atom is 0.765 e. The van der Waals surface area contributed by atoms with Crippen LogP contribution in [0.5, 0.6) is 0 Å². The number of aliphatic hydroxyl groups is 1. The largest absolute Gasteiger partial charge is 0.765 e. The maximum absolute atomic E-state index is 10.3. The van der Waals surface area contributed by atoms with Gasteiger partial charge in [-0.05, 0) is 13.8 Å². The van der Waals surface area contributed by atoms with Crippen molar-refractivity contribution in [1.29, 1.82) is 0 Å². The van der Waals surface area contributed by atoms with E-state index in [2.05, 4.69) is 0 Å². The minimum atomic E-state index is -2.91. The van der Waals surface area contributed by atoms with Gasteiger partial charge in [-0.1, -0.05) is 6.92 Å². The fourth-order valence-corrected chi connectivity index (χ4v) is 1.20. The van der Waals surface area contributed by atoms with Gasteiger partial charge in [-0.15, -0.1) is 0 Å². The van der Waals surface area contributed by atoms with E-state index in [1.165, 1.54) is 0 Å². The van der Waals surface area contributed by atoms with Crippen LogP contribution in [0, 0.1) is 5.92 Å². The zero-order valence-electron chi connectivity index (χ0n) is 7.00. The monoisotopic (exact) mass is 178 g/mol. The highest BCUT2D eigenvalue weighted by molar-refractivity contribution is 6.24. The fourth-order valence-electron chi connectivity index (χ4n) is 0.545. The van der Waals surface area contributed by atoms with E-state index in [1.807, 2.05) is 0 Å². The minimum Gasteiger partial charge on any atom is -0.511 e. The molecule has 1 unspecified atom stereocenters. The van der Waals surface area contributed by atoms with Crippen LogP contribution in [-0.2, 0) is 8.89 Å². The van der Waals surface area contributed by atoms with Gasteiger partial charge in [0.05, 0.1) is 5.60 Å². The first-order valence-corrected chi connectivity index (χ1v) is 4.69. The second-order valence-corrected chi connectivity index (χ2v) is 3.79. The molecule has 0 aliphatic carbocycles. The summed E-state index contributed by atoms with van der Waals surface area (Å²) in [6.45, 7) is 5.05. The van der Waals surface area contributed by atoms with E-state index in [1.54, 1.807) is 20.8 Å². The number of hydrogen-bond donors (Lipinski definition) is 2. The molecule has 5 heteroatoms. The molecule has 66 valence electrons. The Bertz CT molecular complexity index is 146. The topological polar surface area (TPSA) is 66.8 Å². The molecule has 0 aromatic heterocycles. The smallest absolute Gasteiger partial charge is 0.511 e. The van der Waals surface area contributed by atoms with Crippen molar-refractivity contribution in [2.45, 2.75) is 26.4 Å². The van der Waals surface area contributed by atoms with Crippen LogP contribution in [0.15, 0.2) is 0 Å². The van der Waals surface area contributed by atoms with Gasteiger partial charge in [-0.2, -0.15) is 0 Å². The number of aliphatic hydroxyl groups excluding tert-OH is 1. The summed E-state index contributed by atoms with van der Waals surface area (Å²) in [4.78, 5) is 8.47. The standard InChI is InChI=1S/C6H14O4Si/c1-5(4-7)6(2,3)10-11(8)9/h5,7-8H,4H2,1-3H3. The van der Waals surface area contributed by atoms with Gasteiger partial charge in [0, 0.05) is 12.5 Å². The van der Waals surface area contributed by atoms with Crippen LogP contribution < -0.4 is 0 Å². The van der Waals surface area contributed by atoms with Crippen LogP contribution in [0.4, 0.5) is 0 Å². The van der Waals surface area contributed by atoms with Gasteiger partial charge in [0.2, 0.25) is 0 Å². The van der Waals surface area contributed by atoms with Gasteiger partial charge in [0.1, 0.15) is 0 Å². The molecule has 0 bridgehead atoms. The first-order chi connectivity index (χ1) is 4.90. The van der Waals surface area contributed by atoms with Gasteiger partial charge in [0.15, 0.2) is 0 Å². The van der Waals surface area contributed by atoms with Crippen LogP contribution in [0.3, 0.4) is 0 Å². The van der Waals surface area contributed by atoms with Crippen LogP contribution in [-0.4, -0.2) is 31.3 Å². The Labute approximate surface area is 67.7 Å². The molecule has 0 radical (unpaired) electrons. The molecule has 0 saturated heterocycles. The van der Waals surface area contributed by atoms with Crippen molar-refractivity contribution in [1.82, 2.24) is 0 Å². The van der Waals surface area contributed by atoms with Gasteiger partial charge in [-0.25, -0.2) is 0 Å². The molecule has 0 heterocycles. The summed E-state index contributed by atoms with van der Waals surface area (Å²) >= 11 is 0. The SMILES string of the molecule is CC(CO)C(C)(C)O[Si](=O)O. The van der Waals surface area contributed by atoms with Gasteiger partial charge >= 0.3 is 9.17 Å². The molecular formula is C6H14O4Si. The van der Waals surface area contributed by atoms with Gasteiger partial charge < -0.3 is 14.3 Å². The fraction of sp³-hybridized carbons (Fsp3) is 1.00. The van der Waals surface area contributed by atoms with E-state index in [4.69, 9.17) is 14.3 Å². The second-order valence-electron chi connectivity index (χ2n) is 3.06. The summed E-state index contributed by atoms with van der Waals surface area (Å²) in [5.74, 6) is -0.149. The third kappa shape index (κ3) is 3.48. The normalized spacial score (nSPS) is 14.2. The lowest BCUT2D eigenvalue weighted by molar-refractivity contribution is 0.000347. The Hall–Kier alpha value is -0.423. The molecule has 0 spiro atoms. The third-order valence-electron chi connectivity index (χ3n) is 1.81. The summed E-state index contributed by atoms with van der Waals surface area (Å²) < 4.78 is 15.0. The quantitative estimate of drug-likeness (QED) is 0.586. The summed E-state index contributed by atoms with van der Waals surface area (Å²) in [5, 5.41) is 8.73. The van der Waals surface area contributed by atoms with Crippen molar-refractivity contribution in [2.24, 2.45) is 5.92 Å². The Balaban J connectivity index is 4.08. The zero-order chi connectivity index (χ0) is 9.07. The average Bonchev–Trinajstić information content (AvgIpc) is 1.83. The summed E-state index contributed by atoms with van der Waals surface area (Å²) in [5.41, 5.74) is -0.737. The molecule has 0 rings (SSSR count).